The van der Waals surface area contributed by atoms with Crippen molar-refractivity contribution in [2.45, 2.75) is 45.6 Å². The largest absolute Gasteiger partial charge is 0.467 e. The Morgan fingerprint density at radius 3 is 2.81 bits per heavy atom. The summed E-state index contributed by atoms with van der Waals surface area (Å²) in [4.78, 5) is 6.63. The highest BCUT2D eigenvalue weighted by molar-refractivity contribution is 5.79. The molecule has 1 aliphatic carbocycles. The molecule has 1 aliphatic heterocycles. The van der Waals surface area contributed by atoms with Gasteiger partial charge in [-0.2, -0.15) is 0 Å². The fraction of sp³-hybridized carbons (Fsp3) is 0.667. The van der Waals surface area contributed by atoms with E-state index in [4.69, 9.17) is 9.47 Å². The molecule has 1 aromatic rings. The number of halogens is 1. The molecule has 0 unspecified atom stereocenters. The summed E-state index contributed by atoms with van der Waals surface area (Å²) in [5, 5.41) is 3.41. The number of nitrogens with zero attached hydrogens (tertiary/aromatic N) is 2. The van der Waals surface area contributed by atoms with Gasteiger partial charge in [0.2, 0.25) is 0 Å². The Bertz CT molecular complexity index is 657. The van der Waals surface area contributed by atoms with E-state index in [1.54, 1.807) is 6.07 Å². The molecule has 0 atom stereocenters. The molecule has 27 heavy (non-hydrogen) atoms. The van der Waals surface area contributed by atoms with E-state index < -0.39 is 0 Å². The number of guanidine groups is 1. The molecule has 1 saturated carbocycles. The van der Waals surface area contributed by atoms with Crippen molar-refractivity contribution in [3.05, 3.63) is 29.1 Å². The van der Waals surface area contributed by atoms with Crippen LogP contribution in [-0.2, 0) is 17.8 Å². The van der Waals surface area contributed by atoms with Gasteiger partial charge in [0.1, 0.15) is 11.6 Å². The van der Waals surface area contributed by atoms with Gasteiger partial charge in [-0.3, -0.25) is 4.99 Å². The van der Waals surface area contributed by atoms with Crippen LogP contribution in [0.1, 0.15) is 43.7 Å². The predicted molar refractivity (Wildman–Crippen MR) is 106 cm³/mol. The standard InChI is InChI=1S/C21H32FN3O2/c1-15-4-6-16(7-5-15)12-25(3)21(23-2)24-9-8-17-10-19(22)11-18-13-26-14-27-20(17)18/h10-11,15-16H,4-9,12-14H2,1-3H3,(H,23,24). The number of ether oxygens (including phenoxy) is 2. The van der Waals surface area contributed by atoms with E-state index in [0.29, 0.717) is 19.6 Å². The number of aliphatic imine (C=N–C) groups is 1. The van der Waals surface area contributed by atoms with Crippen molar-refractivity contribution in [3.8, 4) is 5.75 Å². The van der Waals surface area contributed by atoms with E-state index >= 15 is 0 Å². The van der Waals surface area contributed by atoms with Crippen LogP contribution in [0, 0.1) is 17.7 Å². The van der Waals surface area contributed by atoms with Crippen molar-refractivity contribution in [1.82, 2.24) is 10.2 Å². The predicted octanol–water partition coefficient (Wildman–Crippen LogP) is 3.57. The maximum Gasteiger partial charge on any atom is 0.193 e. The summed E-state index contributed by atoms with van der Waals surface area (Å²) >= 11 is 0. The Hall–Kier alpha value is -1.82. The third kappa shape index (κ3) is 5.34. The number of hydrogen-bond acceptors (Lipinski definition) is 3. The number of rotatable bonds is 5. The number of fused-ring (bicyclic) bond motifs is 1. The number of benzene rings is 1. The highest BCUT2D eigenvalue weighted by Crippen LogP contribution is 2.30. The van der Waals surface area contributed by atoms with Crippen LogP contribution in [0.15, 0.2) is 17.1 Å². The quantitative estimate of drug-likeness (QED) is 0.629. The molecule has 6 heteroatoms. The summed E-state index contributed by atoms with van der Waals surface area (Å²) < 4.78 is 24.7. The minimum Gasteiger partial charge on any atom is -0.467 e. The molecule has 1 N–H and O–H groups in total. The first-order valence-corrected chi connectivity index (χ1v) is 10.0. The second kappa shape index (κ2) is 9.40. The van der Waals surface area contributed by atoms with Crippen molar-refractivity contribution in [2.75, 3.05) is 34.0 Å². The summed E-state index contributed by atoms with van der Waals surface area (Å²) in [6.07, 6.45) is 5.94. The van der Waals surface area contributed by atoms with Crippen LogP contribution in [0.2, 0.25) is 0 Å². The molecule has 2 aliphatic rings. The molecule has 0 amide bonds. The average molecular weight is 378 g/mol. The fourth-order valence-electron chi connectivity index (χ4n) is 4.12. The zero-order valence-corrected chi connectivity index (χ0v) is 16.8. The molecule has 1 aromatic carbocycles. The highest BCUT2D eigenvalue weighted by Gasteiger charge is 2.21. The summed E-state index contributed by atoms with van der Waals surface area (Å²) in [6, 6.07) is 3.05. The molecule has 0 aromatic heterocycles. The normalized spacial score (nSPS) is 22.7. The Morgan fingerprint density at radius 2 is 2.07 bits per heavy atom. The smallest absolute Gasteiger partial charge is 0.193 e. The van der Waals surface area contributed by atoms with Crippen LogP contribution in [0.3, 0.4) is 0 Å². The maximum absolute atomic E-state index is 13.9. The molecule has 0 bridgehead atoms. The molecule has 0 radical (unpaired) electrons. The van der Waals surface area contributed by atoms with Crippen molar-refractivity contribution >= 4 is 5.96 Å². The van der Waals surface area contributed by atoms with Gasteiger partial charge in [0.15, 0.2) is 12.8 Å². The lowest BCUT2D eigenvalue weighted by Crippen LogP contribution is -2.42. The molecular formula is C21H32FN3O2. The van der Waals surface area contributed by atoms with Crippen molar-refractivity contribution < 1.29 is 13.9 Å². The minimum absolute atomic E-state index is 0.226. The van der Waals surface area contributed by atoms with Gasteiger partial charge in [0.25, 0.3) is 0 Å². The Morgan fingerprint density at radius 1 is 1.30 bits per heavy atom. The zero-order chi connectivity index (χ0) is 19.2. The lowest BCUT2D eigenvalue weighted by molar-refractivity contribution is -0.0172. The van der Waals surface area contributed by atoms with Crippen LogP contribution in [0.5, 0.6) is 5.75 Å². The first-order chi connectivity index (χ1) is 13.1. The highest BCUT2D eigenvalue weighted by atomic mass is 19.1. The summed E-state index contributed by atoms with van der Waals surface area (Å²) in [7, 11) is 3.91. The molecule has 150 valence electrons. The van der Waals surface area contributed by atoms with Gasteiger partial charge in [-0.15, -0.1) is 0 Å². The van der Waals surface area contributed by atoms with Gasteiger partial charge in [-0.05, 0) is 48.8 Å². The summed E-state index contributed by atoms with van der Waals surface area (Å²) in [5.74, 6) is 3.03. The third-order valence-electron chi connectivity index (χ3n) is 5.67. The number of nitrogens with one attached hydrogen (secondary N) is 1. The van der Waals surface area contributed by atoms with Crippen LogP contribution in [-0.4, -0.2) is 44.8 Å². The van der Waals surface area contributed by atoms with Gasteiger partial charge >= 0.3 is 0 Å². The fourth-order valence-corrected chi connectivity index (χ4v) is 4.12. The van der Waals surface area contributed by atoms with Crippen LogP contribution in [0.4, 0.5) is 4.39 Å². The average Bonchev–Trinajstić information content (AvgIpc) is 2.66. The van der Waals surface area contributed by atoms with E-state index in [1.165, 1.54) is 31.7 Å². The van der Waals surface area contributed by atoms with Crippen molar-refractivity contribution in [2.24, 2.45) is 16.8 Å². The van der Waals surface area contributed by atoms with Crippen LogP contribution >= 0.6 is 0 Å². The van der Waals surface area contributed by atoms with Gasteiger partial charge in [-0.1, -0.05) is 19.8 Å². The first kappa shape index (κ1) is 19.9. The lowest BCUT2D eigenvalue weighted by Gasteiger charge is -2.31. The Labute approximate surface area is 161 Å². The third-order valence-corrected chi connectivity index (χ3v) is 5.67. The lowest BCUT2D eigenvalue weighted by atomic mass is 9.83. The molecule has 5 nitrogen and oxygen atoms in total. The topological polar surface area (TPSA) is 46.1 Å². The van der Waals surface area contributed by atoms with Gasteiger partial charge in [-0.25, -0.2) is 4.39 Å². The monoisotopic (exact) mass is 377 g/mol. The van der Waals surface area contributed by atoms with Gasteiger partial charge < -0.3 is 19.7 Å². The second-order valence-electron chi connectivity index (χ2n) is 7.89. The van der Waals surface area contributed by atoms with E-state index in [9.17, 15) is 4.39 Å². The molecule has 0 saturated heterocycles. The Kier molecular flexibility index (Phi) is 6.94. The van der Waals surface area contributed by atoms with E-state index in [1.807, 2.05) is 7.05 Å². The summed E-state index contributed by atoms with van der Waals surface area (Å²) in [6.45, 7) is 4.68. The van der Waals surface area contributed by atoms with Crippen molar-refractivity contribution in [1.29, 1.82) is 0 Å². The van der Waals surface area contributed by atoms with Gasteiger partial charge in [0, 0.05) is 32.7 Å². The Balaban J connectivity index is 1.52. The molecule has 0 spiro atoms. The molecule has 3 rings (SSSR count). The molecule has 1 heterocycles. The number of hydrogen-bond donors (Lipinski definition) is 1. The van der Waals surface area contributed by atoms with Crippen LogP contribution < -0.4 is 10.1 Å². The summed E-state index contributed by atoms with van der Waals surface area (Å²) in [5.41, 5.74) is 1.66. The maximum atomic E-state index is 13.9. The second-order valence-corrected chi connectivity index (χ2v) is 7.89. The minimum atomic E-state index is -0.245. The van der Waals surface area contributed by atoms with E-state index in [0.717, 1.165) is 41.2 Å². The molecule has 1 fully saturated rings. The van der Waals surface area contributed by atoms with E-state index in [-0.39, 0.29) is 12.6 Å². The first-order valence-electron chi connectivity index (χ1n) is 10.0. The molecular weight excluding hydrogens is 345 g/mol. The van der Waals surface area contributed by atoms with Gasteiger partial charge in [0.05, 0.1) is 6.61 Å². The van der Waals surface area contributed by atoms with Crippen LogP contribution in [0.25, 0.3) is 0 Å². The zero-order valence-electron chi connectivity index (χ0n) is 16.8. The van der Waals surface area contributed by atoms with E-state index in [2.05, 4.69) is 29.2 Å². The SMILES string of the molecule is CN=C(NCCc1cc(F)cc2c1OCOC2)N(C)CC1CCC(C)CC1. The van der Waals surface area contributed by atoms with Crippen molar-refractivity contribution in [3.63, 3.8) is 0 Å².